The number of carbonyl (C=O) groups is 1. The van der Waals surface area contributed by atoms with E-state index in [9.17, 15) is 4.79 Å². The van der Waals surface area contributed by atoms with Gasteiger partial charge in [0.1, 0.15) is 0 Å². The fraction of sp³-hybridized carbons (Fsp3) is 0.160. The molecule has 0 radical (unpaired) electrons. The molecule has 1 atom stereocenters. The van der Waals surface area contributed by atoms with Crippen LogP contribution < -0.4 is 0 Å². The van der Waals surface area contributed by atoms with E-state index in [0.29, 0.717) is 17.3 Å². The summed E-state index contributed by atoms with van der Waals surface area (Å²) in [6, 6.07) is 25.1. The van der Waals surface area contributed by atoms with Crippen LogP contribution in [0.15, 0.2) is 83.3 Å². The van der Waals surface area contributed by atoms with Gasteiger partial charge in [-0.15, -0.1) is 10.2 Å². The molecule has 0 bridgehead atoms. The van der Waals surface area contributed by atoms with Gasteiger partial charge in [-0.25, -0.2) is 0 Å². The normalized spacial score (nSPS) is 11.8. The first kappa shape index (κ1) is 19.6. The van der Waals surface area contributed by atoms with Crippen molar-refractivity contribution < 1.29 is 9.21 Å². The Bertz CT molecular complexity index is 1150. The monoisotopic (exact) mass is 397 g/mol. The molecule has 30 heavy (non-hydrogen) atoms. The van der Waals surface area contributed by atoms with Crippen LogP contribution in [0, 0.1) is 6.92 Å². The average Bonchev–Trinajstić information content (AvgIpc) is 3.28. The fourth-order valence-electron chi connectivity index (χ4n) is 3.35. The van der Waals surface area contributed by atoms with E-state index in [2.05, 4.69) is 10.2 Å². The third kappa shape index (κ3) is 3.87. The third-order valence-electron chi connectivity index (χ3n) is 5.36. The van der Waals surface area contributed by atoms with Crippen molar-refractivity contribution in [2.75, 3.05) is 7.05 Å². The third-order valence-corrected chi connectivity index (χ3v) is 5.36. The zero-order chi connectivity index (χ0) is 21.1. The number of benzene rings is 3. The van der Waals surface area contributed by atoms with Crippen LogP contribution in [-0.2, 0) is 0 Å². The van der Waals surface area contributed by atoms with Crippen LogP contribution in [0.25, 0.3) is 22.9 Å². The van der Waals surface area contributed by atoms with Crippen molar-refractivity contribution in [3.05, 3.63) is 95.6 Å². The summed E-state index contributed by atoms with van der Waals surface area (Å²) in [5.41, 5.74) is 4.48. The van der Waals surface area contributed by atoms with Crippen LogP contribution in [0.5, 0.6) is 0 Å². The molecule has 5 nitrogen and oxygen atoms in total. The number of aryl methyl sites for hydroxylation is 1. The number of hydrogen-bond donors (Lipinski definition) is 0. The van der Waals surface area contributed by atoms with Crippen molar-refractivity contribution in [3.8, 4) is 22.9 Å². The predicted molar refractivity (Wildman–Crippen MR) is 117 cm³/mol. The standard InChI is InChI=1S/C25H23N3O2/c1-17-9-7-8-12-22(17)24-27-26-23(30-24)20-13-15-21(16-14-20)25(29)28(3)18(2)19-10-5-4-6-11-19/h4-16,18H,1-3H3/t18-/m1/s1. The van der Waals surface area contributed by atoms with Crippen LogP contribution in [0.3, 0.4) is 0 Å². The maximum atomic E-state index is 12.9. The van der Waals surface area contributed by atoms with Gasteiger partial charge in [-0.05, 0) is 55.3 Å². The van der Waals surface area contributed by atoms with E-state index in [4.69, 9.17) is 4.42 Å². The Morgan fingerprint density at radius 3 is 2.20 bits per heavy atom. The first-order chi connectivity index (χ1) is 14.5. The second kappa shape index (κ2) is 8.33. The van der Waals surface area contributed by atoms with Crippen molar-refractivity contribution in [1.29, 1.82) is 0 Å². The Hall–Kier alpha value is -3.73. The Morgan fingerprint density at radius 2 is 1.50 bits per heavy atom. The molecular weight excluding hydrogens is 374 g/mol. The molecule has 0 fully saturated rings. The molecule has 5 heteroatoms. The minimum Gasteiger partial charge on any atom is -0.416 e. The molecule has 150 valence electrons. The van der Waals surface area contributed by atoms with E-state index in [1.54, 1.807) is 17.0 Å². The molecule has 1 heterocycles. The number of amides is 1. The molecule has 0 aliphatic heterocycles. The molecule has 0 spiro atoms. The predicted octanol–water partition coefficient (Wildman–Crippen LogP) is 5.55. The highest BCUT2D eigenvalue weighted by Crippen LogP contribution is 2.27. The maximum Gasteiger partial charge on any atom is 0.254 e. The zero-order valence-corrected chi connectivity index (χ0v) is 17.2. The van der Waals surface area contributed by atoms with Crippen molar-refractivity contribution in [1.82, 2.24) is 15.1 Å². The van der Waals surface area contributed by atoms with Crippen LogP contribution >= 0.6 is 0 Å². The van der Waals surface area contributed by atoms with Crippen LogP contribution in [-0.4, -0.2) is 28.1 Å². The summed E-state index contributed by atoms with van der Waals surface area (Å²) in [5, 5.41) is 8.34. The van der Waals surface area contributed by atoms with Crippen molar-refractivity contribution in [2.24, 2.45) is 0 Å². The molecule has 0 N–H and O–H groups in total. The van der Waals surface area contributed by atoms with E-state index in [-0.39, 0.29) is 11.9 Å². The number of carbonyl (C=O) groups excluding carboxylic acids is 1. The number of rotatable bonds is 5. The van der Waals surface area contributed by atoms with Crippen molar-refractivity contribution >= 4 is 5.91 Å². The van der Waals surface area contributed by atoms with E-state index in [0.717, 1.165) is 22.3 Å². The average molecular weight is 397 g/mol. The molecule has 4 aromatic rings. The molecule has 0 saturated heterocycles. The lowest BCUT2D eigenvalue weighted by molar-refractivity contribution is 0.0742. The highest BCUT2D eigenvalue weighted by Gasteiger charge is 2.19. The van der Waals surface area contributed by atoms with Gasteiger partial charge >= 0.3 is 0 Å². The van der Waals surface area contributed by atoms with Crippen LogP contribution in [0.1, 0.15) is 34.5 Å². The first-order valence-corrected chi connectivity index (χ1v) is 9.86. The first-order valence-electron chi connectivity index (χ1n) is 9.86. The van der Waals surface area contributed by atoms with Gasteiger partial charge in [-0.1, -0.05) is 48.5 Å². The summed E-state index contributed by atoms with van der Waals surface area (Å²) in [4.78, 5) is 14.7. The van der Waals surface area contributed by atoms with E-state index in [1.807, 2.05) is 87.6 Å². The van der Waals surface area contributed by atoms with Gasteiger partial charge in [0.2, 0.25) is 11.8 Å². The Morgan fingerprint density at radius 1 is 0.867 bits per heavy atom. The summed E-state index contributed by atoms with van der Waals surface area (Å²) in [6.07, 6.45) is 0. The van der Waals surface area contributed by atoms with E-state index in [1.165, 1.54) is 0 Å². The number of nitrogens with zero attached hydrogens (tertiary/aromatic N) is 3. The number of aromatic nitrogens is 2. The summed E-state index contributed by atoms with van der Waals surface area (Å²) < 4.78 is 5.86. The van der Waals surface area contributed by atoms with Crippen LogP contribution in [0.4, 0.5) is 0 Å². The molecule has 3 aromatic carbocycles. The van der Waals surface area contributed by atoms with Gasteiger partial charge in [-0.3, -0.25) is 4.79 Å². The molecule has 0 aliphatic carbocycles. The lowest BCUT2D eigenvalue weighted by Crippen LogP contribution is -2.29. The van der Waals surface area contributed by atoms with Gasteiger partial charge in [0, 0.05) is 23.7 Å². The fourth-order valence-corrected chi connectivity index (χ4v) is 3.35. The SMILES string of the molecule is Cc1ccccc1-c1nnc(-c2ccc(C(=O)N(C)[C@H](C)c3ccccc3)cc2)o1. The van der Waals surface area contributed by atoms with Gasteiger partial charge in [0.05, 0.1) is 6.04 Å². The molecule has 0 saturated carbocycles. The minimum absolute atomic E-state index is 0.0222. The van der Waals surface area contributed by atoms with Gasteiger partial charge in [0.25, 0.3) is 5.91 Å². The van der Waals surface area contributed by atoms with Gasteiger partial charge < -0.3 is 9.32 Å². The lowest BCUT2D eigenvalue weighted by atomic mass is 10.1. The minimum atomic E-state index is -0.0379. The zero-order valence-electron chi connectivity index (χ0n) is 17.2. The topological polar surface area (TPSA) is 59.2 Å². The van der Waals surface area contributed by atoms with Gasteiger partial charge in [-0.2, -0.15) is 0 Å². The maximum absolute atomic E-state index is 12.9. The summed E-state index contributed by atoms with van der Waals surface area (Å²) in [5.74, 6) is 0.877. The van der Waals surface area contributed by atoms with Crippen molar-refractivity contribution in [2.45, 2.75) is 19.9 Å². The second-order valence-corrected chi connectivity index (χ2v) is 7.31. The summed E-state index contributed by atoms with van der Waals surface area (Å²) in [7, 11) is 1.82. The van der Waals surface area contributed by atoms with Gasteiger partial charge in [0.15, 0.2) is 0 Å². The van der Waals surface area contributed by atoms with E-state index >= 15 is 0 Å². The Balaban J connectivity index is 1.52. The number of hydrogen-bond acceptors (Lipinski definition) is 4. The molecule has 0 aliphatic rings. The highest BCUT2D eigenvalue weighted by atomic mass is 16.4. The molecule has 1 amide bonds. The highest BCUT2D eigenvalue weighted by molar-refractivity contribution is 5.94. The van der Waals surface area contributed by atoms with E-state index < -0.39 is 0 Å². The quantitative estimate of drug-likeness (QED) is 0.443. The summed E-state index contributed by atoms with van der Waals surface area (Å²) >= 11 is 0. The Kier molecular flexibility index (Phi) is 5.44. The van der Waals surface area contributed by atoms with Crippen LogP contribution in [0.2, 0.25) is 0 Å². The molecule has 4 rings (SSSR count). The molecular formula is C25H23N3O2. The largest absolute Gasteiger partial charge is 0.416 e. The smallest absolute Gasteiger partial charge is 0.254 e. The second-order valence-electron chi connectivity index (χ2n) is 7.31. The Labute approximate surface area is 176 Å². The summed E-state index contributed by atoms with van der Waals surface area (Å²) in [6.45, 7) is 4.03. The molecule has 1 aromatic heterocycles. The molecule has 0 unspecified atom stereocenters. The van der Waals surface area contributed by atoms with Crippen molar-refractivity contribution in [3.63, 3.8) is 0 Å². The lowest BCUT2D eigenvalue weighted by Gasteiger charge is -2.25.